The lowest BCUT2D eigenvalue weighted by Gasteiger charge is -2.18. The Kier molecular flexibility index (Phi) is 4.66. The van der Waals surface area contributed by atoms with Crippen molar-refractivity contribution in [1.82, 2.24) is 4.98 Å². The molecule has 2 rings (SSSR count). The molecule has 1 aromatic heterocycles. The van der Waals surface area contributed by atoms with Crippen molar-refractivity contribution in [2.24, 2.45) is 0 Å². The standard InChI is InChI=1S/C13H10BrCl2FN2/c1-7(8-2-10(17)6-18-5-8)19-13-11(15)3-9(14)4-12(13)16/h2-7,19H,1H3. The lowest BCUT2D eigenvalue weighted by Crippen LogP contribution is -2.08. The summed E-state index contributed by atoms with van der Waals surface area (Å²) < 4.78 is 13.9. The summed E-state index contributed by atoms with van der Waals surface area (Å²) in [6, 6.07) is 4.74. The van der Waals surface area contributed by atoms with E-state index in [-0.39, 0.29) is 11.9 Å². The van der Waals surface area contributed by atoms with Crippen molar-refractivity contribution in [1.29, 1.82) is 0 Å². The molecule has 1 N–H and O–H groups in total. The highest BCUT2D eigenvalue weighted by atomic mass is 79.9. The smallest absolute Gasteiger partial charge is 0.141 e. The van der Waals surface area contributed by atoms with Crippen LogP contribution in [0.1, 0.15) is 18.5 Å². The van der Waals surface area contributed by atoms with Gasteiger partial charge in [0.15, 0.2) is 0 Å². The van der Waals surface area contributed by atoms with Crippen LogP contribution in [0.25, 0.3) is 0 Å². The maximum Gasteiger partial charge on any atom is 0.141 e. The monoisotopic (exact) mass is 362 g/mol. The first-order valence-electron chi connectivity index (χ1n) is 5.49. The predicted molar refractivity (Wildman–Crippen MR) is 80.4 cm³/mol. The van der Waals surface area contributed by atoms with Crippen LogP contribution in [-0.4, -0.2) is 4.98 Å². The molecule has 0 saturated heterocycles. The lowest BCUT2D eigenvalue weighted by molar-refractivity contribution is 0.616. The zero-order valence-electron chi connectivity index (χ0n) is 9.92. The summed E-state index contributed by atoms with van der Waals surface area (Å²) in [6.45, 7) is 1.88. The van der Waals surface area contributed by atoms with Crippen molar-refractivity contribution in [3.05, 3.63) is 56.5 Å². The zero-order chi connectivity index (χ0) is 14.0. The van der Waals surface area contributed by atoms with Crippen LogP contribution < -0.4 is 5.32 Å². The summed E-state index contributed by atoms with van der Waals surface area (Å²) >= 11 is 15.6. The van der Waals surface area contributed by atoms with E-state index in [0.717, 1.165) is 16.2 Å². The lowest BCUT2D eigenvalue weighted by atomic mass is 10.1. The van der Waals surface area contributed by atoms with Gasteiger partial charge in [-0.3, -0.25) is 4.98 Å². The van der Waals surface area contributed by atoms with Gasteiger partial charge in [-0.15, -0.1) is 0 Å². The minimum absolute atomic E-state index is 0.167. The number of aromatic nitrogens is 1. The Bertz CT molecular complexity index is 584. The maximum absolute atomic E-state index is 13.1. The van der Waals surface area contributed by atoms with Crippen LogP contribution in [-0.2, 0) is 0 Å². The van der Waals surface area contributed by atoms with Gasteiger partial charge in [0.05, 0.1) is 28.0 Å². The van der Waals surface area contributed by atoms with E-state index in [1.54, 1.807) is 18.3 Å². The average molecular weight is 364 g/mol. The largest absolute Gasteiger partial charge is 0.376 e. The van der Waals surface area contributed by atoms with Gasteiger partial charge in [-0.2, -0.15) is 0 Å². The van der Waals surface area contributed by atoms with Crippen molar-refractivity contribution in [3.63, 3.8) is 0 Å². The highest BCUT2D eigenvalue weighted by Crippen LogP contribution is 2.35. The normalized spacial score (nSPS) is 12.3. The molecule has 0 aliphatic heterocycles. The van der Waals surface area contributed by atoms with E-state index < -0.39 is 0 Å². The molecule has 0 spiro atoms. The number of rotatable bonds is 3. The van der Waals surface area contributed by atoms with Gasteiger partial charge in [0.2, 0.25) is 0 Å². The Morgan fingerprint density at radius 2 is 1.84 bits per heavy atom. The second-order valence-electron chi connectivity index (χ2n) is 4.05. The molecular weight excluding hydrogens is 354 g/mol. The third kappa shape index (κ3) is 3.59. The molecule has 100 valence electrons. The quantitative estimate of drug-likeness (QED) is 0.782. The molecule has 1 aromatic carbocycles. The van der Waals surface area contributed by atoms with E-state index in [4.69, 9.17) is 23.2 Å². The summed E-state index contributed by atoms with van der Waals surface area (Å²) in [5.41, 5.74) is 1.33. The van der Waals surface area contributed by atoms with E-state index in [1.165, 1.54) is 6.07 Å². The van der Waals surface area contributed by atoms with Crippen LogP contribution in [0.15, 0.2) is 35.1 Å². The number of hydrogen-bond acceptors (Lipinski definition) is 2. The summed E-state index contributed by atoms with van der Waals surface area (Å²) in [7, 11) is 0. The Hall–Kier alpha value is -0.840. The molecule has 6 heteroatoms. The molecule has 0 radical (unpaired) electrons. The minimum Gasteiger partial charge on any atom is -0.376 e. The SMILES string of the molecule is CC(Nc1c(Cl)cc(Br)cc1Cl)c1cncc(F)c1. The molecule has 1 unspecified atom stereocenters. The fourth-order valence-corrected chi connectivity index (χ4v) is 2.96. The Morgan fingerprint density at radius 1 is 1.21 bits per heavy atom. The van der Waals surface area contributed by atoms with Gasteiger partial charge in [0.25, 0.3) is 0 Å². The molecule has 2 nitrogen and oxygen atoms in total. The first-order valence-corrected chi connectivity index (χ1v) is 7.04. The third-order valence-corrected chi connectivity index (χ3v) is 3.65. The summed E-state index contributed by atoms with van der Waals surface area (Å²) in [5, 5.41) is 4.15. The topological polar surface area (TPSA) is 24.9 Å². The van der Waals surface area contributed by atoms with Gasteiger partial charge in [-0.25, -0.2) is 4.39 Å². The van der Waals surface area contributed by atoms with E-state index >= 15 is 0 Å². The molecular formula is C13H10BrCl2FN2. The molecule has 1 heterocycles. The molecule has 0 amide bonds. The molecule has 0 saturated carbocycles. The highest BCUT2D eigenvalue weighted by Gasteiger charge is 2.12. The fraction of sp³-hybridized carbons (Fsp3) is 0.154. The third-order valence-electron chi connectivity index (χ3n) is 2.59. The number of nitrogens with one attached hydrogen (secondary N) is 1. The van der Waals surface area contributed by atoms with Crippen LogP contribution in [0.4, 0.5) is 10.1 Å². The molecule has 1 atom stereocenters. The van der Waals surface area contributed by atoms with Gasteiger partial charge in [0, 0.05) is 10.7 Å². The minimum atomic E-state index is -0.376. The van der Waals surface area contributed by atoms with Gasteiger partial charge >= 0.3 is 0 Å². The number of hydrogen-bond donors (Lipinski definition) is 1. The molecule has 19 heavy (non-hydrogen) atoms. The first-order chi connectivity index (χ1) is 8.97. The number of pyridine rings is 1. The molecule has 0 fully saturated rings. The Morgan fingerprint density at radius 3 is 2.42 bits per heavy atom. The number of nitrogens with zero attached hydrogens (tertiary/aromatic N) is 1. The number of benzene rings is 1. The average Bonchev–Trinajstić information content (AvgIpc) is 2.33. The van der Waals surface area contributed by atoms with Crippen molar-refractivity contribution >= 4 is 44.8 Å². The van der Waals surface area contributed by atoms with Crippen LogP contribution in [0.3, 0.4) is 0 Å². The van der Waals surface area contributed by atoms with Gasteiger partial charge < -0.3 is 5.32 Å². The molecule has 2 aromatic rings. The van der Waals surface area contributed by atoms with E-state index in [9.17, 15) is 4.39 Å². The maximum atomic E-state index is 13.1. The summed E-state index contributed by atoms with van der Waals surface area (Å²) in [6.07, 6.45) is 2.76. The van der Waals surface area contributed by atoms with Crippen LogP contribution in [0.2, 0.25) is 10.0 Å². The Labute approximate surface area is 129 Å². The highest BCUT2D eigenvalue weighted by molar-refractivity contribution is 9.10. The fourth-order valence-electron chi connectivity index (χ4n) is 1.65. The second kappa shape index (κ2) is 6.07. The number of anilines is 1. The van der Waals surface area contributed by atoms with E-state index in [2.05, 4.69) is 26.2 Å². The van der Waals surface area contributed by atoms with Crippen LogP contribution >= 0.6 is 39.1 Å². The molecule has 0 aliphatic rings. The van der Waals surface area contributed by atoms with Gasteiger partial charge in [-0.05, 0) is 30.7 Å². The molecule has 0 aliphatic carbocycles. The second-order valence-corrected chi connectivity index (χ2v) is 5.78. The number of halogens is 4. The van der Waals surface area contributed by atoms with Gasteiger partial charge in [-0.1, -0.05) is 39.1 Å². The van der Waals surface area contributed by atoms with Crippen molar-refractivity contribution in [2.45, 2.75) is 13.0 Å². The van der Waals surface area contributed by atoms with Crippen molar-refractivity contribution in [3.8, 4) is 0 Å². The van der Waals surface area contributed by atoms with E-state index in [0.29, 0.717) is 15.7 Å². The zero-order valence-corrected chi connectivity index (χ0v) is 13.0. The summed E-state index contributed by atoms with van der Waals surface area (Å²) in [5.74, 6) is -0.376. The first kappa shape index (κ1) is 14.6. The van der Waals surface area contributed by atoms with Gasteiger partial charge in [0.1, 0.15) is 5.82 Å². The van der Waals surface area contributed by atoms with Crippen LogP contribution in [0, 0.1) is 5.82 Å². The predicted octanol–water partition coefficient (Wildman–Crippen LogP) is 5.46. The summed E-state index contributed by atoms with van der Waals surface area (Å²) in [4.78, 5) is 3.82. The van der Waals surface area contributed by atoms with Crippen molar-refractivity contribution in [2.75, 3.05) is 5.32 Å². The Balaban J connectivity index is 2.26. The molecule has 0 bridgehead atoms. The van der Waals surface area contributed by atoms with E-state index in [1.807, 2.05) is 6.92 Å². The van der Waals surface area contributed by atoms with Crippen LogP contribution in [0.5, 0.6) is 0 Å². The van der Waals surface area contributed by atoms with Crippen molar-refractivity contribution < 1.29 is 4.39 Å².